The predicted molar refractivity (Wildman–Crippen MR) is 73.3 cm³/mol. The number of nitro groups is 1. The Morgan fingerprint density at radius 1 is 1.08 bits per heavy atom. The lowest BCUT2D eigenvalue weighted by atomic mass is 10.3. The Bertz CT molecular complexity index is 895. The lowest BCUT2D eigenvalue weighted by Crippen LogP contribution is -2.17. The third-order valence-electron chi connectivity index (χ3n) is 2.75. The maximum Gasteiger partial charge on any atom is 0.573 e. The summed E-state index contributed by atoms with van der Waals surface area (Å²) in [6, 6.07) is 5.71. The van der Waals surface area contributed by atoms with E-state index in [-0.39, 0.29) is 0 Å². The van der Waals surface area contributed by atoms with Gasteiger partial charge in [0.1, 0.15) is 11.5 Å². The number of phenols is 1. The van der Waals surface area contributed by atoms with Crippen LogP contribution in [0.15, 0.2) is 52.3 Å². The predicted octanol–water partition coefficient (Wildman–Crippen LogP) is 3.03. The van der Waals surface area contributed by atoms with E-state index in [1.165, 1.54) is 0 Å². The summed E-state index contributed by atoms with van der Waals surface area (Å²) in [4.78, 5) is 8.60. The fraction of sp³-hybridized carbons (Fsp3) is 0.0769. The van der Waals surface area contributed by atoms with Crippen molar-refractivity contribution in [2.75, 3.05) is 0 Å². The van der Waals surface area contributed by atoms with Gasteiger partial charge in [0.25, 0.3) is 5.69 Å². The molecule has 0 unspecified atom stereocenters. The van der Waals surface area contributed by atoms with Gasteiger partial charge in [-0.2, -0.15) is 0 Å². The van der Waals surface area contributed by atoms with Crippen LogP contribution in [0.4, 0.5) is 18.9 Å². The van der Waals surface area contributed by atoms with E-state index in [1.54, 1.807) is 0 Å². The topological polar surface area (TPSA) is 107 Å². The second-order valence-corrected chi connectivity index (χ2v) is 6.42. The monoisotopic (exact) mass is 363 g/mol. The van der Waals surface area contributed by atoms with Gasteiger partial charge in [-0.3, -0.25) is 10.1 Å². The molecular weight excluding hydrogens is 355 g/mol. The van der Waals surface area contributed by atoms with Crippen LogP contribution in [0.3, 0.4) is 0 Å². The third-order valence-corrected chi connectivity index (χ3v) is 4.48. The summed E-state index contributed by atoms with van der Waals surface area (Å²) >= 11 is 0. The SMILES string of the molecule is O=[N+]([O-])c1cc(O)cc(S(=O)(=O)c2cccc(OC(F)(F)F)c2)c1. The van der Waals surface area contributed by atoms with Crippen LogP contribution in [0.2, 0.25) is 0 Å². The van der Waals surface area contributed by atoms with Crippen LogP contribution in [0, 0.1) is 10.1 Å². The van der Waals surface area contributed by atoms with Crippen molar-refractivity contribution < 1.29 is 36.4 Å². The van der Waals surface area contributed by atoms with E-state index in [9.17, 15) is 36.8 Å². The van der Waals surface area contributed by atoms with Gasteiger partial charge in [0.15, 0.2) is 0 Å². The molecule has 0 saturated carbocycles. The number of halogens is 3. The number of hydrogen-bond acceptors (Lipinski definition) is 6. The normalized spacial score (nSPS) is 12.0. The molecule has 128 valence electrons. The van der Waals surface area contributed by atoms with E-state index < -0.39 is 48.1 Å². The van der Waals surface area contributed by atoms with Crippen molar-refractivity contribution in [1.82, 2.24) is 0 Å². The molecular formula is C13H8F3NO6S. The maximum absolute atomic E-state index is 12.4. The Labute approximate surface area is 133 Å². The number of nitro benzene ring substituents is 1. The summed E-state index contributed by atoms with van der Waals surface area (Å²) in [6.45, 7) is 0. The molecule has 0 radical (unpaired) electrons. The highest BCUT2D eigenvalue weighted by Crippen LogP contribution is 2.31. The molecule has 11 heteroatoms. The summed E-state index contributed by atoms with van der Waals surface area (Å²) in [5.41, 5.74) is -0.684. The van der Waals surface area contributed by atoms with Crippen molar-refractivity contribution in [3.8, 4) is 11.5 Å². The Morgan fingerprint density at radius 3 is 2.33 bits per heavy atom. The van der Waals surface area contributed by atoms with E-state index in [4.69, 9.17) is 0 Å². The summed E-state index contributed by atoms with van der Waals surface area (Å²) in [5.74, 6) is -1.44. The van der Waals surface area contributed by atoms with Crippen LogP contribution in [-0.2, 0) is 9.84 Å². The van der Waals surface area contributed by atoms with Gasteiger partial charge in [0.05, 0.1) is 20.8 Å². The fourth-order valence-corrected chi connectivity index (χ4v) is 3.16. The van der Waals surface area contributed by atoms with Crippen molar-refractivity contribution in [3.05, 3.63) is 52.6 Å². The minimum Gasteiger partial charge on any atom is -0.508 e. The lowest BCUT2D eigenvalue weighted by molar-refractivity contribution is -0.385. The molecule has 0 aliphatic rings. The largest absolute Gasteiger partial charge is 0.573 e. The summed E-state index contributed by atoms with van der Waals surface area (Å²) < 4.78 is 65.1. The van der Waals surface area contributed by atoms with Crippen molar-refractivity contribution in [3.63, 3.8) is 0 Å². The first-order chi connectivity index (χ1) is 11.0. The van der Waals surface area contributed by atoms with E-state index in [0.717, 1.165) is 30.3 Å². The Hall–Kier alpha value is -2.82. The third kappa shape index (κ3) is 3.93. The average molecular weight is 363 g/mol. The fourth-order valence-electron chi connectivity index (χ4n) is 1.80. The number of nitrogens with zero attached hydrogens (tertiary/aromatic N) is 1. The molecule has 0 fully saturated rings. The molecule has 2 aromatic carbocycles. The molecule has 0 bridgehead atoms. The van der Waals surface area contributed by atoms with E-state index in [0.29, 0.717) is 12.1 Å². The highest BCUT2D eigenvalue weighted by Gasteiger charge is 2.31. The summed E-state index contributed by atoms with van der Waals surface area (Å²) in [6.07, 6.45) is -5.01. The number of aromatic hydroxyl groups is 1. The van der Waals surface area contributed by atoms with Crippen molar-refractivity contribution in [2.45, 2.75) is 16.2 Å². The minimum atomic E-state index is -5.01. The van der Waals surface area contributed by atoms with Crippen molar-refractivity contribution in [2.24, 2.45) is 0 Å². The first kappa shape index (κ1) is 17.5. The van der Waals surface area contributed by atoms with Gasteiger partial charge in [0, 0.05) is 6.07 Å². The number of benzene rings is 2. The molecule has 2 rings (SSSR count). The molecule has 1 N–H and O–H groups in total. The molecule has 24 heavy (non-hydrogen) atoms. The quantitative estimate of drug-likeness (QED) is 0.661. The zero-order valence-electron chi connectivity index (χ0n) is 11.5. The Balaban J connectivity index is 2.52. The maximum atomic E-state index is 12.4. The van der Waals surface area contributed by atoms with Crippen LogP contribution in [0.1, 0.15) is 0 Å². The molecule has 2 aromatic rings. The van der Waals surface area contributed by atoms with Gasteiger partial charge in [0.2, 0.25) is 9.84 Å². The Kier molecular flexibility index (Phi) is 4.38. The smallest absolute Gasteiger partial charge is 0.508 e. The number of hydrogen-bond donors (Lipinski definition) is 1. The number of ether oxygens (including phenoxy) is 1. The lowest BCUT2D eigenvalue weighted by Gasteiger charge is -2.10. The van der Waals surface area contributed by atoms with Crippen molar-refractivity contribution >= 4 is 15.5 Å². The van der Waals surface area contributed by atoms with Crippen LogP contribution >= 0.6 is 0 Å². The van der Waals surface area contributed by atoms with E-state index >= 15 is 0 Å². The number of phenolic OH excluding ortho intramolecular Hbond substituents is 1. The van der Waals surface area contributed by atoms with E-state index in [1.807, 2.05) is 0 Å². The van der Waals surface area contributed by atoms with Crippen LogP contribution in [-0.4, -0.2) is 24.8 Å². The number of non-ortho nitro benzene ring substituents is 1. The van der Waals surface area contributed by atoms with Gasteiger partial charge in [-0.25, -0.2) is 8.42 Å². The molecule has 0 aromatic heterocycles. The standard InChI is InChI=1S/C13H8F3NO6S/c14-13(15,16)23-10-2-1-3-11(7-10)24(21,22)12-5-8(17(19)20)4-9(18)6-12/h1-7,18H. The second kappa shape index (κ2) is 6.00. The first-order valence-corrected chi connectivity index (χ1v) is 7.57. The molecule has 0 aliphatic heterocycles. The van der Waals surface area contributed by atoms with Crippen LogP contribution in [0.5, 0.6) is 11.5 Å². The zero-order valence-corrected chi connectivity index (χ0v) is 12.3. The molecule has 0 atom stereocenters. The van der Waals surface area contributed by atoms with Gasteiger partial charge in [-0.05, 0) is 24.3 Å². The van der Waals surface area contributed by atoms with Gasteiger partial charge < -0.3 is 9.84 Å². The highest BCUT2D eigenvalue weighted by atomic mass is 32.2. The van der Waals surface area contributed by atoms with Crippen LogP contribution < -0.4 is 4.74 Å². The molecule has 0 heterocycles. The molecule has 0 aliphatic carbocycles. The molecule has 0 saturated heterocycles. The van der Waals surface area contributed by atoms with Gasteiger partial charge in [-0.1, -0.05) is 6.07 Å². The van der Waals surface area contributed by atoms with Gasteiger partial charge in [-0.15, -0.1) is 13.2 Å². The minimum absolute atomic E-state index is 0.579. The number of rotatable bonds is 4. The summed E-state index contributed by atoms with van der Waals surface area (Å²) in [7, 11) is -4.41. The highest BCUT2D eigenvalue weighted by molar-refractivity contribution is 7.91. The molecule has 0 amide bonds. The van der Waals surface area contributed by atoms with Gasteiger partial charge >= 0.3 is 6.36 Å². The number of sulfone groups is 1. The summed E-state index contributed by atoms with van der Waals surface area (Å²) in [5, 5.41) is 20.2. The zero-order chi connectivity index (χ0) is 18.1. The first-order valence-electron chi connectivity index (χ1n) is 6.08. The average Bonchev–Trinajstić information content (AvgIpc) is 2.45. The second-order valence-electron chi connectivity index (χ2n) is 4.47. The number of alkyl halides is 3. The van der Waals surface area contributed by atoms with E-state index in [2.05, 4.69) is 4.74 Å². The Morgan fingerprint density at radius 2 is 1.75 bits per heavy atom. The molecule has 0 spiro atoms. The molecule has 7 nitrogen and oxygen atoms in total. The van der Waals surface area contributed by atoms with Crippen molar-refractivity contribution in [1.29, 1.82) is 0 Å². The van der Waals surface area contributed by atoms with Crippen LogP contribution in [0.25, 0.3) is 0 Å².